The third-order valence-corrected chi connectivity index (χ3v) is 6.30. The summed E-state index contributed by atoms with van der Waals surface area (Å²) in [6.07, 6.45) is 4.20. The van der Waals surface area contributed by atoms with Gasteiger partial charge in [0.05, 0.1) is 4.90 Å². The number of hydrogen-bond donors (Lipinski definition) is 1. The van der Waals surface area contributed by atoms with Crippen LogP contribution in [0.2, 0.25) is 0 Å². The number of carbonyl (C=O) groups is 1. The molecule has 0 fully saturated rings. The largest absolute Gasteiger partial charge is 0.296 e. The monoisotopic (exact) mass is 382 g/mol. The van der Waals surface area contributed by atoms with E-state index in [0.29, 0.717) is 10.7 Å². The van der Waals surface area contributed by atoms with Crippen molar-refractivity contribution in [2.75, 3.05) is 19.4 Å². The maximum absolute atomic E-state index is 12.2. The van der Waals surface area contributed by atoms with Crippen LogP contribution in [-0.2, 0) is 16.4 Å². The van der Waals surface area contributed by atoms with Crippen molar-refractivity contribution in [3.63, 3.8) is 0 Å². The number of sulfonamides is 1. The summed E-state index contributed by atoms with van der Waals surface area (Å²) in [4.78, 5) is 12.4. The second-order valence-electron chi connectivity index (χ2n) is 5.72. The molecule has 0 unspecified atom stereocenters. The average Bonchev–Trinajstić information content (AvgIpc) is 3.02. The first-order valence-electron chi connectivity index (χ1n) is 8.01. The zero-order valence-corrected chi connectivity index (χ0v) is 16.2. The number of carbonyl (C=O) groups excluding carboxylic acids is 1. The van der Waals surface area contributed by atoms with Gasteiger partial charge in [0.25, 0.3) is 5.91 Å². The van der Waals surface area contributed by atoms with Crippen LogP contribution < -0.4 is 5.32 Å². The van der Waals surface area contributed by atoms with E-state index in [4.69, 9.17) is 0 Å². The lowest BCUT2D eigenvalue weighted by Gasteiger charge is -2.11. The summed E-state index contributed by atoms with van der Waals surface area (Å²) in [5.74, 6) is -0.343. The smallest absolute Gasteiger partial charge is 0.257 e. The van der Waals surface area contributed by atoms with Gasteiger partial charge in [0, 0.05) is 26.1 Å². The molecule has 0 radical (unpaired) electrons. The first kappa shape index (κ1) is 19.5. The molecule has 0 atom stereocenters. The molecule has 2 rings (SSSR count). The minimum absolute atomic E-state index is 0.142. The normalized spacial score (nSPS) is 11.7. The number of aryl methyl sites for hydroxylation is 1. The number of hydrogen-bond acceptors (Lipinski definition) is 6. The summed E-state index contributed by atoms with van der Waals surface area (Å²) in [5, 5.41) is 12.1. The van der Waals surface area contributed by atoms with E-state index in [1.807, 2.05) is 0 Å². The Morgan fingerprint density at radius 1 is 1.16 bits per heavy atom. The maximum atomic E-state index is 12.2. The third-order valence-electron chi connectivity index (χ3n) is 3.58. The standard InChI is InChI=1S/C16H22N4O3S2/c1-4-5-6-7-14-18-19-16(24-14)17-15(21)12-8-10-13(11-9-12)25(22,23)20(2)3/h8-11H,4-7H2,1-3H3,(H,17,19,21). The highest BCUT2D eigenvalue weighted by Crippen LogP contribution is 2.19. The van der Waals surface area contributed by atoms with Gasteiger partial charge in [-0.15, -0.1) is 10.2 Å². The fourth-order valence-electron chi connectivity index (χ4n) is 2.09. The quantitative estimate of drug-likeness (QED) is 0.709. The van der Waals surface area contributed by atoms with Crippen LogP contribution in [0.3, 0.4) is 0 Å². The summed E-state index contributed by atoms with van der Waals surface area (Å²) in [6.45, 7) is 2.14. The van der Waals surface area contributed by atoms with E-state index in [-0.39, 0.29) is 10.8 Å². The van der Waals surface area contributed by atoms with Crippen LogP contribution in [0.1, 0.15) is 41.6 Å². The van der Waals surface area contributed by atoms with Gasteiger partial charge < -0.3 is 0 Å². The van der Waals surface area contributed by atoms with Crippen molar-refractivity contribution in [3.05, 3.63) is 34.8 Å². The van der Waals surface area contributed by atoms with Crippen LogP contribution in [0.5, 0.6) is 0 Å². The number of nitrogens with one attached hydrogen (secondary N) is 1. The van der Waals surface area contributed by atoms with Crippen LogP contribution in [0.25, 0.3) is 0 Å². The molecule has 7 nitrogen and oxygen atoms in total. The summed E-state index contributed by atoms with van der Waals surface area (Å²) < 4.78 is 25.2. The predicted octanol–water partition coefficient (Wildman–Crippen LogP) is 2.77. The molecule has 0 aliphatic carbocycles. The summed E-state index contributed by atoms with van der Waals surface area (Å²) >= 11 is 1.36. The molecule has 2 aromatic rings. The van der Waals surface area contributed by atoms with E-state index in [1.54, 1.807) is 0 Å². The Morgan fingerprint density at radius 3 is 2.44 bits per heavy atom. The number of aromatic nitrogens is 2. The molecule has 9 heteroatoms. The molecule has 1 amide bonds. The molecule has 0 aliphatic rings. The predicted molar refractivity (Wildman–Crippen MR) is 98.4 cm³/mol. The van der Waals surface area contributed by atoms with E-state index in [0.717, 1.165) is 35.0 Å². The van der Waals surface area contributed by atoms with E-state index in [1.165, 1.54) is 49.7 Å². The van der Waals surface area contributed by atoms with Crippen molar-refractivity contribution in [1.82, 2.24) is 14.5 Å². The average molecular weight is 383 g/mol. The summed E-state index contributed by atoms with van der Waals surface area (Å²) in [5.41, 5.74) is 0.362. The summed E-state index contributed by atoms with van der Waals surface area (Å²) in [7, 11) is -0.581. The fraction of sp³-hybridized carbons (Fsp3) is 0.438. The molecule has 0 spiro atoms. The Morgan fingerprint density at radius 2 is 1.84 bits per heavy atom. The molecular weight excluding hydrogens is 360 g/mol. The van der Waals surface area contributed by atoms with Crippen LogP contribution in [0.4, 0.5) is 5.13 Å². The molecule has 1 heterocycles. The lowest BCUT2D eigenvalue weighted by Crippen LogP contribution is -2.22. The molecule has 0 bridgehead atoms. The number of benzene rings is 1. The van der Waals surface area contributed by atoms with Gasteiger partial charge in [-0.05, 0) is 30.7 Å². The van der Waals surface area contributed by atoms with Crippen molar-refractivity contribution in [1.29, 1.82) is 0 Å². The van der Waals surface area contributed by atoms with Crippen LogP contribution in [-0.4, -0.2) is 42.9 Å². The highest BCUT2D eigenvalue weighted by molar-refractivity contribution is 7.89. The van der Waals surface area contributed by atoms with Gasteiger partial charge in [-0.1, -0.05) is 31.1 Å². The molecule has 25 heavy (non-hydrogen) atoms. The van der Waals surface area contributed by atoms with Crippen LogP contribution in [0, 0.1) is 0 Å². The van der Waals surface area contributed by atoms with Crippen molar-refractivity contribution >= 4 is 32.4 Å². The molecule has 1 aromatic carbocycles. The van der Waals surface area contributed by atoms with Crippen molar-refractivity contribution in [3.8, 4) is 0 Å². The van der Waals surface area contributed by atoms with Crippen molar-refractivity contribution in [2.45, 2.75) is 37.5 Å². The number of unbranched alkanes of at least 4 members (excludes halogenated alkanes) is 2. The Balaban J connectivity index is 2.02. The Labute approximate surface area is 152 Å². The minimum atomic E-state index is -3.50. The van der Waals surface area contributed by atoms with Gasteiger partial charge in [0.2, 0.25) is 15.2 Å². The Bertz CT molecular complexity index is 814. The van der Waals surface area contributed by atoms with Gasteiger partial charge in [-0.25, -0.2) is 12.7 Å². The number of rotatable bonds is 8. The third kappa shape index (κ3) is 5.07. The SMILES string of the molecule is CCCCCc1nnc(NC(=O)c2ccc(S(=O)(=O)N(C)C)cc2)s1. The topological polar surface area (TPSA) is 92.3 Å². The minimum Gasteiger partial charge on any atom is -0.296 e. The maximum Gasteiger partial charge on any atom is 0.257 e. The molecule has 0 aliphatic heterocycles. The van der Waals surface area contributed by atoms with E-state index < -0.39 is 10.0 Å². The zero-order valence-electron chi connectivity index (χ0n) is 14.5. The number of amides is 1. The molecule has 0 saturated heterocycles. The Hall–Kier alpha value is -1.84. The van der Waals surface area contributed by atoms with Crippen molar-refractivity contribution in [2.24, 2.45) is 0 Å². The first-order chi connectivity index (χ1) is 11.8. The fourth-order valence-corrected chi connectivity index (χ4v) is 3.77. The van der Waals surface area contributed by atoms with Crippen LogP contribution in [0.15, 0.2) is 29.2 Å². The Kier molecular flexibility index (Phi) is 6.63. The van der Waals surface area contributed by atoms with Gasteiger partial charge in [0.15, 0.2) is 0 Å². The van der Waals surface area contributed by atoms with Gasteiger partial charge in [-0.3, -0.25) is 10.1 Å². The zero-order chi connectivity index (χ0) is 18.4. The molecule has 1 aromatic heterocycles. The molecular formula is C16H22N4O3S2. The van der Waals surface area contributed by atoms with Gasteiger partial charge in [-0.2, -0.15) is 0 Å². The van der Waals surface area contributed by atoms with Gasteiger partial charge in [0.1, 0.15) is 5.01 Å². The van der Waals surface area contributed by atoms with Gasteiger partial charge >= 0.3 is 0 Å². The highest BCUT2D eigenvalue weighted by Gasteiger charge is 2.18. The van der Waals surface area contributed by atoms with Crippen molar-refractivity contribution < 1.29 is 13.2 Å². The summed E-state index contributed by atoms with van der Waals surface area (Å²) in [6, 6.07) is 5.80. The number of nitrogens with zero attached hydrogens (tertiary/aromatic N) is 3. The molecule has 1 N–H and O–H groups in total. The molecule has 0 saturated carbocycles. The lowest BCUT2D eigenvalue weighted by molar-refractivity contribution is 0.102. The highest BCUT2D eigenvalue weighted by atomic mass is 32.2. The molecule has 136 valence electrons. The second-order valence-corrected chi connectivity index (χ2v) is 8.94. The first-order valence-corrected chi connectivity index (χ1v) is 10.3. The lowest BCUT2D eigenvalue weighted by atomic mass is 10.2. The van der Waals surface area contributed by atoms with E-state index in [2.05, 4.69) is 22.4 Å². The van der Waals surface area contributed by atoms with E-state index in [9.17, 15) is 13.2 Å². The number of anilines is 1. The van der Waals surface area contributed by atoms with E-state index >= 15 is 0 Å². The second kappa shape index (κ2) is 8.50. The van der Waals surface area contributed by atoms with Crippen LogP contribution >= 0.6 is 11.3 Å².